The SMILES string of the molecule is CCOC(=O)N1CCN(C(=O)C(=O)Nc2sc3c(c2C#N)CCC3)CC1. The topological polar surface area (TPSA) is 103 Å². The molecule has 1 aromatic heterocycles. The van der Waals surface area contributed by atoms with E-state index in [1.165, 1.54) is 21.1 Å². The summed E-state index contributed by atoms with van der Waals surface area (Å²) in [5.74, 6) is -1.39. The summed E-state index contributed by atoms with van der Waals surface area (Å²) in [6, 6.07) is 2.14. The molecule has 1 saturated heterocycles. The average molecular weight is 376 g/mol. The van der Waals surface area contributed by atoms with Gasteiger partial charge in [-0.3, -0.25) is 9.59 Å². The van der Waals surface area contributed by atoms with Crippen LogP contribution in [0.25, 0.3) is 0 Å². The third-order valence-corrected chi connectivity index (χ3v) is 5.75. The van der Waals surface area contributed by atoms with Gasteiger partial charge in [-0.1, -0.05) is 0 Å². The van der Waals surface area contributed by atoms with Gasteiger partial charge in [0.1, 0.15) is 11.1 Å². The number of amides is 3. The van der Waals surface area contributed by atoms with Crippen LogP contribution in [0.2, 0.25) is 0 Å². The molecule has 1 aromatic rings. The second-order valence-corrected chi connectivity index (χ2v) is 7.21. The molecule has 2 aliphatic rings. The van der Waals surface area contributed by atoms with E-state index in [1.54, 1.807) is 6.92 Å². The lowest BCUT2D eigenvalue weighted by molar-refractivity contribution is -0.144. The number of rotatable bonds is 2. The number of ether oxygens (including phenoxy) is 1. The molecule has 0 bridgehead atoms. The van der Waals surface area contributed by atoms with Gasteiger partial charge in [-0.25, -0.2) is 4.79 Å². The van der Waals surface area contributed by atoms with Crippen LogP contribution in [-0.4, -0.2) is 60.5 Å². The lowest BCUT2D eigenvalue weighted by atomic mass is 10.1. The largest absolute Gasteiger partial charge is 0.450 e. The number of carbonyl (C=O) groups is 3. The van der Waals surface area contributed by atoms with E-state index in [4.69, 9.17) is 4.74 Å². The molecule has 3 amide bonds. The summed E-state index contributed by atoms with van der Waals surface area (Å²) >= 11 is 1.38. The molecule has 138 valence electrons. The highest BCUT2D eigenvalue weighted by Gasteiger charge is 2.30. The van der Waals surface area contributed by atoms with Crippen molar-refractivity contribution in [3.8, 4) is 6.07 Å². The van der Waals surface area contributed by atoms with E-state index in [0.29, 0.717) is 30.3 Å². The number of piperazine rings is 1. The van der Waals surface area contributed by atoms with Crippen molar-refractivity contribution in [3.63, 3.8) is 0 Å². The lowest BCUT2D eigenvalue weighted by Gasteiger charge is -2.33. The molecule has 0 atom stereocenters. The summed E-state index contributed by atoms with van der Waals surface area (Å²) in [6.07, 6.45) is 2.37. The minimum absolute atomic E-state index is 0.275. The van der Waals surface area contributed by atoms with E-state index in [2.05, 4.69) is 11.4 Å². The second-order valence-electron chi connectivity index (χ2n) is 6.11. The van der Waals surface area contributed by atoms with Gasteiger partial charge < -0.3 is 19.9 Å². The Bertz CT molecular complexity index is 774. The summed E-state index contributed by atoms with van der Waals surface area (Å²) in [5.41, 5.74) is 1.49. The van der Waals surface area contributed by atoms with Gasteiger partial charge in [-0.05, 0) is 31.7 Å². The highest BCUT2D eigenvalue weighted by atomic mass is 32.1. The molecule has 1 N–H and O–H groups in total. The van der Waals surface area contributed by atoms with E-state index < -0.39 is 17.9 Å². The van der Waals surface area contributed by atoms with Crippen LogP contribution in [-0.2, 0) is 27.2 Å². The molecule has 26 heavy (non-hydrogen) atoms. The van der Waals surface area contributed by atoms with E-state index in [1.807, 2.05) is 0 Å². The van der Waals surface area contributed by atoms with Crippen molar-refractivity contribution in [2.45, 2.75) is 26.2 Å². The van der Waals surface area contributed by atoms with Gasteiger partial charge in [0, 0.05) is 31.1 Å². The maximum atomic E-state index is 12.4. The Labute approximate surface area is 155 Å². The molecule has 3 rings (SSSR count). The van der Waals surface area contributed by atoms with Crippen molar-refractivity contribution < 1.29 is 19.1 Å². The van der Waals surface area contributed by atoms with Gasteiger partial charge in [0.15, 0.2) is 0 Å². The van der Waals surface area contributed by atoms with Crippen molar-refractivity contribution in [2.24, 2.45) is 0 Å². The maximum Gasteiger partial charge on any atom is 0.409 e. The van der Waals surface area contributed by atoms with Crippen LogP contribution < -0.4 is 5.32 Å². The predicted octanol–water partition coefficient (Wildman–Crippen LogP) is 1.35. The van der Waals surface area contributed by atoms with Crippen LogP contribution in [0.1, 0.15) is 29.3 Å². The van der Waals surface area contributed by atoms with Crippen molar-refractivity contribution in [2.75, 3.05) is 38.1 Å². The monoisotopic (exact) mass is 376 g/mol. The zero-order chi connectivity index (χ0) is 18.7. The van der Waals surface area contributed by atoms with E-state index >= 15 is 0 Å². The Morgan fingerprint density at radius 3 is 2.54 bits per heavy atom. The van der Waals surface area contributed by atoms with Crippen molar-refractivity contribution in [1.29, 1.82) is 5.26 Å². The maximum absolute atomic E-state index is 12.4. The van der Waals surface area contributed by atoms with Crippen molar-refractivity contribution in [3.05, 3.63) is 16.0 Å². The first-order chi connectivity index (χ1) is 12.5. The number of hydrogen-bond acceptors (Lipinski definition) is 6. The van der Waals surface area contributed by atoms with Gasteiger partial charge in [0.05, 0.1) is 12.2 Å². The first-order valence-electron chi connectivity index (χ1n) is 8.61. The molecule has 9 heteroatoms. The van der Waals surface area contributed by atoms with Gasteiger partial charge >= 0.3 is 17.9 Å². The zero-order valence-electron chi connectivity index (χ0n) is 14.5. The van der Waals surface area contributed by atoms with Crippen LogP contribution in [0.4, 0.5) is 9.80 Å². The third kappa shape index (κ3) is 3.51. The number of nitriles is 1. The van der Waals surface area contributed by atoms with Crippen LogP contribution in [0.3, 0.4) is 0 Å². The molecule has 2 heterocycles. The minimum atomic E-state index is -0.744. The molecule has 0 unspecified atom stereocenters. The summed E-state index contributed by atoms with van der Waals surface area (Å²) in [6.45, 7) is 3.24. The molecular formula is C17H20N4O4S. The Balaban J connectivity index is 1.59. The van der Waals surface area contributed by atoms with Crippen molar-refractivity contribution in [1.82, 2.24) is 9.80 Å². The Morgan fingerprint density at radius 2 is 1.88 bits per heavy atom. The van der Waals surface area contributed by atoms with Gasteiger partial charge in [0.2, 0.25) is 0 Å². The van der Waals surface area contributed by atoms with Crippen LogP contribution in [0.15, 0.2) is 0 Å². The molecule has 1 aliphatic heterocycles. The number of fused-ring (bicyclic) bond motifs is 1. The Kier molecular flexibility index (Phi) is 5.42. The van der Waals surface area contributed by atoms with E-state index in [0.717, 1.165) is 29.7 Å². The van der Waals surface area contributed by atoms with Crippen molar-refractivity contribution >= 4 is 34.2 Å². The lowest BCUT2D eigenvalue weighted by Crippen LogP contribution is -2.53. The summed E-state index contributed by atoms with van der Waals surface area (Å²) in [4.78, 5) is 40.4. The fourth-order valence-corrected chi connectivity index (χ4v) is 4.45. The first-order valence-corrected chi connectivity index (χ1v) is 9.43. The Morgan fingerprint density at radius 1 is 1.19 bits per heavy atom. The fraction of sp³-hybridized carbons (Fsp3) is 0.529. The van der Waals surface area contributed by atoms with Gasteiger partial charge in [0.25, 0.3) is 0 Å². The quantitative estimate of drug-likeness (QED) is 0.785. The highest BCUT2D eigenvalue weighted by molar-refractivity contribution is 7.16. The summed E-state index contributed by atoms with van der Waals surface area (Å²) in [5, 5.41) is 12.4. The second kappa shape index (κ2) is 7.74. The van der Waals surface area contributed by atoms with Gasteiger partial charge in [-0.15, -0.1) is 11.3 Å². The van der Waals surface area contributed by atoms with E-state index in [9.17, 15) is 19.6 Å². The molecule has 8 nitrogen and oxygen atoms in total. The standard InChI is InChI=1S/C17H20N4O4S/c1-2-25-17(24)21-8-6-20(7-9-21)16(23)14(22)19-15-12(10-18)11-4-3-5-13(11)26-15/h2-9H2,1H3,(H,19,22). The molecular weight excluding hydrogens is 356 g/mol. The number of hydrogen-bond donors (Lipinski definition) is 1. The number of anilines is 1. The zero-order valence-corrected chi connectivity index (χ0v) is 15.4. The van der Waals surface area contributed by atoms with E-state index in [-0.39, 0.29) is 13.1 Å². The van der Waals surface area contributed by atoms with Gasteiger partial charge in [-0.2, -0.15) is 5.26 Å². The molecule has 1 fully saturated rings. The normalized spacial score (nSPS) is 16.0. The summed E-state index contributed by atoms with van der Waals surface area (Å²) in [7, 11) is 0. The highest BCUT2D eigenvalue weighted by Crippen LogP contribution is 2.38. The average Bonchev–Trinajstić information content (AvgIpc) is 3.22. The predicted molar refractivity (Wildman–Crippen MR) is 94.9 cm³/mol. The van der Waals surface area contributed by atoms with Crippen LogP contribution in [0.5, 0.6) is 0 Å². The Hall–Kier alpha value is -2.60. The first kappa shape index (κ1) is 18.2. The molecule has 0 radical (unpaired) electrons. The molecule has 1 aliphatic carbocycles. The number of nitrogens with zero attached hydrogens (tertiary/aromatic N) is 3. The number of carbonyl (C=O) groups excluding carboxylic acids is 3. The molecule has 0 aromatic carbocycles. The molecule has 0 saturated carbocycles. The number of nitrogens with one attached hydrogen (secondary N) is 1. The third-order valence-electron chi connectivity index (χ3n) is 4.55. The minimum Gasteiger partial charge on any atom is -0.450 e. The smallest absolute Gasteiger partial charge is 0.409 e. The summed E-state index contributed by atoms with van der Waals surface area (Å²) < 4.78 is 4.93. The number of thiophene rings is 1. The van der Waals surface area contributed by atoms with Crippen LogP contribution >= 0.6 is 11.3 Å². The number of aryl methyl sites for hydroxylation is 1. The fourth-order valence-electron chi connectivity index (χ4n) is 3.22. The molecule has 0 spiro atoms. The van der Waals surface area contributed by atoms with Crippen LogP contribution in [0, 0.1) is 11.3 Å².